The van der Waals surface area contributed by atoms with E-state index >= 15 is 0 Å². The summed E-state index contributed by atoms with van der Waals surface area (Å²) in [7, 11) is 0. The van der Waals surface area contributed by atoms with Crippen molar-refractivity contribution in [1.29, 1.82) is 0 Å². The minimum atomic E-state index is -0.503. The molecule has 2 aromatic rings. The molecule has 0 saturated heterocycles. The number of hydrogen-bond acceptors (Lipinski definition) is 6. The van der Waals surface area contributed by atoms with E-state index in [0.29, 0.717) is 31.2 Å². The van der Waals surface area contributed by atoms with Gasteiger partial charge >= 0.3 is 6.09 Å². The first-order valence-electron chi connectivity index (χ1n) is 7.45. The molecule has 1 aromatic heterocycles. The second-order valence-corrected chi connectivity index (χ2v) is 6.33. The van der Waals surface area contributed by atoms with Gasteiger partial charge in [-0.3, -0.25) is 0 Å². The number of fused-ring (bicyclic) bond motifs is 1. The molecule has 0 saturated carbocycles. The summed E-state index contributed by atoms with van der Waals surface area (Å²) in [6, 6.07) is 3.84. The van der Waals surface area contributed by atoms with Gasteiger partial charge in [0.25, 0.3) is 0 Å². The zero-order valence-electron chi connectivity index (χ0n) is 13.9. The molecule has 0 unspecified atom stereocenters. The lowest BCUT2D eigenvalue weighted by atomic mass is 10.1. The average Bonchev–Trinajstić information content (AvgIpc) is 2.78. The maximum Gasteiger partial charge on any atom is 0.407 e. The highest BCUT2D eigenvalue weighted by molar-refractivity contribution is 5.90. The third-order valence-electron chi connectivity index (χ3n) is 3.04. The number of nitrogens with two attached hydrogens (primary N) is 1. The first-order valence-corrected chi connectivity index (χ1v) is 7.45. The molecule has 0 atom stereocenters. The summed E-state index contributed by atoms with van der Waals surface area (Å²) in [4.78, 5) is 11.5. The molecule has 3 N–H and O–H groups in total. The van der Waals surface area contributed by atoms with Gasteiger partial charge in [-0.2, -0.15) is 0 Å². The molecule has 0 fully saturated rings. The van der Waals surface area contributed by atoms with Crippen molar-refractivity contribution in [2.75, 3.05) is 18.9 Å². The molecular formula is C16H23N3O4. The van der Waals surface area contributed by atoms with Crippen molar-refractivity contribution in [1.82, 2.24) is 10.5 Å². The van der Waals surface area contributed by atoms with Crippen LogP contribution in [0.3, 0.4) is 0 Å². The topological polar surface area (TPSA) is 99.6 Å². The summed E-state index contributed by atoms with van der Waals surface area (Å²) in [5.41, 5.74) is 7.85. The van der Waals surface area contributed by atoms with Crippen LogP contribution < -0.4 is 11.1 Å². The van der Waals surface area contributed by atoms with E-state index in [2.05, 4.69) is 10.5 Å². The Balaban J connectivity index is 1.78. The molecule has 2 rings (SSSR count). The summed E-state index contributed by atoms with van der Waals surface area (Å²) >= 11 is 0. The van der Waals surface area contributed by atoms with Crippen LogP contribution in [0.15, 0.2) is 16.7 Å². The number of alkyl carbamates (subject to hydrolysis) is 1. The molecule has 7 heteroatoms. The zero-order chi connectivity index (χ0) is 17.0. The number of carbonyl (C=O) groups is 1. The molecule has 0 aliphatic rings. The summed E-state index contributed by atoms with van der Waals surface area (Å²) in [5, 5.41) is 7.23. The molecule has 0 radical (unpaired) electrons. The maximum absolute atomic E-state index is 11.5. The van der Waals surface area contributed by atoms with Crippen LogP contribution in [-0.2, 0) is 16.1 Å². The van der Waals surface area contributed by atoms with Crippen LogP contribution in [0.25, 0.3) is 11.0 Å². The first-order chi connectivity index (χ1) is 10.8. The number of benzene rings is 1. The molecule has 0 bridgehead atoms. The Hall–Kier alpha value is -2.28. The SMILES string of the molecule is Cc1cc(COCCNC(=O)OC(C)(C)C)cc2onc(N)c12. The van der Waals surface area contributed by atoms with E-state index in [1.807, 2.05) is 39.8 Å². The highest BCUT2D eigenvalue weighted by atomic mass is 16.6. The quantitative estimate of drug-likeness (QED) is 0.821. The van der Waals surface area contributed by atoms with Crippen LogP contribution in [0.5, 0.6) is 0 Å². The molecule has 23 heavy (non-hydrogen) atoms. The van der Waals surface area contributed by atoms with Crippen molar-refractivity contribution in [3.05, 3.63) is 23.3 Å². The van der Waals surface area contributed by atoms with E-state index in [4.69, 9.17) is 19.7 Å². The number of nitrogens with one attached hydrogen (secondary N) is 1. The number of aromatic nitrogens is 1. The van der Waals surface area contributed by atoms with Gasteiger partial charge in [-0.05, 0) is 44.9 Å². The fourth-order valence-corrected chi connectivity index (χ4v) is 2.18. The van der Waals surface area contributed by atoms with Gasteiger partial charge in [-0.25, -0.2) is 4.79 Å². The van der Waals surface area contributed by atoms with Gasteiger partial charge < -0.3 is 25.0 Å². The third-order valence-corrected chi connectivity index (χ3v) is 3.04. The standard InChI is InChI=1S/C16H23N3O4/c1-10-7-11(8-12-13(10)14(17)19-23-12)9-21-6-5-18-15(20)22-16(2,3)4/h7-8H,5-6,9H2,1-4H3,(H2,17,19)(H,18,20). The van der Waals surface area contributed by atoms with Gasteiger partial charge in [0.05, 0.1) is 18.6 Å². The van der Waals surface area contributed by atoms with Gasteiger partial charge in [0.1, 0.15) is 5.60 Å². The number of aryl methyl sites for hydroxylation is 1. The second kappa shape index (κ2) is 6.87. The Morgan fingerprint density at radius 1 is 1.39 bits per heavy atom. The predicted molar refractivity (Wildman–Crippen MR) is 87.1 cm³/mol. The van der Waals surface area contributed by atoms with E-state index in [9.17, 15) is 4.79 Å². The number of rotatable bonds is 5. The van der Waals surface area contributed by atoms with Gasteiger partial charge in [-0.1, -0.05) is 11.2 Å². The number of anilines is 1. The monoisotopic (exact) mass is 321 g/mol. The number of nitrogen functional groups attached to an aromatic ring is 1. The van der Waals surface area contributed by atoms with Gasteiger partial charge in [0.15, 0.2) is 11.4 Å². The minimum Gasteiger partial charge on any atom is -0.444 e. The summed E-state index contributed by atoms with van der Waals surface area (Å²) in [5.74, 6) is 0.395. The van der Waals surface area contributed by atoms with Crippen LogP contribution >= 0.6 is 0 Å². The Bertz CT molecular complexity index is 688. The van der Waals surface area contributed by atoms with Crippen LogP contribution in [0.2, 0.25) is 0 Å². The number of carbonyl (C=O) groups excluding carboxylic acids is 1. The molecule has 1 heterocycles. The van der Waals surface area contributed by atoms with Gasteiger partial charge in [0, 0.05) is 6.54 Å². The van der Waals surface area contributed by atoms with Crippen molar-refractivity contribution in [3.8, 4) is 0 Å². The molecule has 1 aromatic carbocycles. The summed E-state index contributed by atoms with van der Waals surface area (Å²) < 4.78 is 15.9. The third kappa shape index (κ3) is 4.85. The van der Waals surface area contributed by atoms with E-state index in [-0.39, 0.29) is 0 Å². The van der Waals surface area contributed by atoms with Crippen LogP contribution in [0.4, 0.5) is 10.6 Å². The molecule has 0 aliphatic carbocycles. The normalized spacial score (nSPS) is 11.7. The summed E-state index contributed by atoms with van der Waals surface area (Å²) in [6.07, 6.45) is -0.449. The number of hydrogen-bond donors (Lipinski definition) is 2. The lowest BCUT2D eigenvalue weighted by Gasteiger charge is -2.19. The van der Waals surface area contributed by atoms with Crippen LogP contribution in [0.1, 0.15) is 31.9 Å². The van der Waals surface area contributed by atoms with Crippen molar-refractivity contribution in [2.45, 2.75) is 39.9 Å². The highest BCUT2D eigenvalue weighted by Crippen LogP contribution is 2.25. The Labute approximate surface area is 135 Å². The Morgan fingerprint density at radius 3 is 2.83 bits per heavy atom. The summed E-state index contributed by atoms with van der Waals surface area (Å²) in [6.45, 7) is 8.57. The largest absolute Gasteiger partial charge is 0.444 e. The van der Waals surface area contributed by atoms with E-state index in [0.717, 1.165) is 16.5 Å². The lowest BCUT2D eigenvalue weighted by molar-refractivity contribution is 0.0494. The van der Waals surface area contributed by atoms with Crippen molar-refractivity contribution < 1.29 is 18.8 Å². The number of nitrogens with zero attached hydrogens (tertiary/aromatic N) is 1. The Kier molecular flexibility index (Phi) is 5.10. The van der Waals surface area contributed by atoms with E-state index in [1.54, 1.807) is 0 Å². The molecular weight excluding hydrogens is 298 g/mol. The van der Waals surface area contributed by atoms with Gasteiger partial charge in [0.2, 0.25) is 0 Å². The van der Waals surface area contributed by atoms with Crippen LogP contribution in [-0.4, -0.2) is 30.0 Å². The van der Waals surface area contributed by atoms with Crippen molar-refractivity contribution in [3.63, 3.8) is 0 Å². The lowest BCUT2D eigenvalue weighted by Crippen LogP contribution is -2.34. The van der Waals surface area contributed by atoms with E-state index in [1.165, 1.54) is 0 Å². The smallest absolute Gasteiger partial charge is 0.407 e. The molecule has 7 nitrogen and oxygen atoms in total. The molecule has 0 aliphatic heterocycles. The Morgan fingerprint density at radius 2 is 2.13 bits per heavy atom. The second-order valence-electron chi connectivity index (χ2n) is 6.33. The average molecular weight is 321 g/mol. The zero-order valence-corrected chi connectivity index (χ0v) is 13.9. The highest BCUT2D eigenvalue weighted by Gasteiger charge is 2.15. The first kappa shape index (κ1) is 17.1. The molecule has 1 amide bonds. The number of amides is 1. The van der Waals surface area contributed by atoms with E-state index < -0.39 is 11.7 Å². The minimum absolute atomic E-state index is 0.380. The van der Waals surface area contributed by atoms with Gasteiger partial charge in [-0.15, -0.1) is 0 Å². The fourth-order valence-electron chi connectivity index (χ4n) is 2.18. The fraction of sp³-hybridized carbons (Fsp3) is 0.500. The van der Waals surface area contributed by atoms with Crippen LogP contribution in [0, 0.1) is 6.92 Å². The van der Waals surface area contributed by atoms with Crippen molar-refractivity contribution >= 4 is 22.9 Å². The molecule has 126 valence electrons. The predicted octanol–water partition coefficient (Wildman–Crippen LogP) is 2.76. The number of ether oxygens (including phenoxy) is 2. The van der Waals surface area contributed by atoms with Crippen molar-refractivity contribution in [2.24, 2.45) is 0 Å². The maximum atomic E-state index is 11.5. The molecule has 0 spiro atoms.